The van der Waals surface area contributed by atoms with Crippen molar-refractivity contribution in [1.29, 1.82) is 0 Å². The van der Waals surface area contributed by atoms with E-state index < -0.39 is 36.7 Å². The van der Waals surface area contributed by atoms with Crippen molar-refractivity contribution in [3.05, 3.63) is 12.2 Å². The number of ether oxygens (including phenoxy) is 2. The number of allylic oxidation sites excluding steroid dienone is 1. The molecule has 0 aliphatic carbocycles. The van der Waals surface area contributed by atoms with Crippen LogP contribution in [0.15, 0.2) is 12.2 Å². The lowest BCUT2D eigenvalue weighted by molar-refractivity contribution is -0.271. The second kappa shape index (κ2) is 31.0. The quantitative estimate of drug-likeness (QED) is 0.0362. The van der Waals surface area contributed by atoms with Gasteiger partial charge < -0.3 is 35.2 Å². The third-order valence-electron chi connectivity index (χ3n) is 9.47. The Morgan fingerprint density at radius 1 is 0.702 bits per heavy atom. The van der Waals surface area contributed by atoms with Gasteiger partial charge in [-0.25, -0.2) is 0 Å². The minimum atomic E-state index is -1.42. The Hall–Kier alpha value is -1.03. The first-order chi connectivity index (χ1) is 22.9. The van der Waals surface area contributed by atoms with E-state index in [9.17, 15) is 25.2 Å². The number of hydrogen-bond acceptors (Lipinski definition) is 7. The third kappa shape index (κ3) is 23.9. The Kier molecular flexibility index (Phi) is 29.0. The lowest BCUT2D eigenvalue weighted by Gasteiger charge is -2.35. The van der Waals surface area contributed by atoms with Gasteiger partial charge in [0.2, 0.25) is 5.91 Å². The standard InChI is InChI=1S/C39H75NO7/c1-3-5-7-9-11-13-15-17-19-21-23-25-27-29-34(41)33(31-46-39-38(45)37(44)35(42)32-47-39)40-36(43)30-28-26-24-22-20-18-16-14-12-10-8-6-4-2/h27,29,33-35,37-39,41-42,44-45H,3-26,28,30-32H2,1-2H3,(H,40,43)/b29-27+/t33-,34+,35-,37-,38+,39+/m0/s1. The highest BCUT2D eigenvalue weighted by Crippen LogP contribution is 2.18. The highest BCUT2D eigenvalue weighted by atomic mass is 16.7. The van der Waals surface area contributed by atoms with Crippen LogP contribution in [0.5, 0.6) is 0 Å². The van der Waals surface area contributed by atoms with Crippen molar-refractivity contribution >= 4 is 5.91 Å². The summed E-state index contributed by atoms with van der Waals surface area (Å²) in [5.41, 5.74) is 0. The van der Waals surface area contributed by atoms with Crippen molar-refractivity contribution in [3.8, 4) is 0 Å². The lowest BCUT2D eigenvalue weighted by Crippen LogP contribution is -2.55. The van der Waals surface area contributed by atoms with Gasteiger partial charge in [0.25, 0.3) is 0 Å². The van der Waals surface area contributed by atoms with Gasteiger partial charge in [-0.05, 0) is 19.3 Å². The number of aliphatic hydroxyl groups excluding tert-OH is 4. The Bertz CT molecular complexity index is 736. The molecule has 0 aromatic heterocycles. The molecule has 1 aliphatic rings. The van der Waals surface area contributed by atoms with Gasteiger partial charge in [0.15, 0.2) is 6.29 Å². The highest BCUT2D eigenvalue weighted by molar-refractivity contribution is 5.76. The number of carbonyl (C=O) groups excluding carboxylic acids is 1. The summed E-state index contributed by atoms with van der Waals surface area (Å²) in [5.74, 6) is -0.139. The molecule has 0 radical (unpaired) electrons. The zero-order chi connectivity index (χ0) is 34.4. The summed E-state index contributed by atoms with van der Waals surface area (Å²) in [6.07, 6.45) is 29.2. The van der Waals surface area contributed by atoms with E-state index in [2.05, 4.69) is 19.2 Å². The highest BCUT2D eigenvalue weighted by Gasteiger charge is 2.38. The average molecular weight is 670 g/mol. The van der Waals surface area contributed by atoms with E-state index in [4.69, 9.17) is 9.47 Å². The van der Waals surface area contributed by atoms with Crippen LogP contribution >= 0.6 is 0 Å². The van der Waals surface area contributed by atoms with Gasteiger partial charge in [-0.1, -0.05) is 167 Å². The number of rotatable bonds is 32. The summed E-state index contributed by atoms with van der Waals surface area (Å²) in [6, 6.07) is -0.724. The molecule has 8 heteroatoms. The molecule has 1 aliphatic heterocycles. The number of nitrogens with one attached hydrogen (secondary N) is 1. The van der Waals surface area contributed by atoms with Gasteiger partial charge in [0.1, 0.15) is 18.3 Å². The fourth-order valence-electron chi connectivity index (χ4n) is 6.23. The minimum absolute atomic E-state index is 0.0984. The molecule has 6 atom stereocenters. The molecule has 47 heavy (non-hydrogen) atoms. The Balaban J connectivity index is 2.34. The fourth-order valence-corrected chi connectivity index (χ4v) is 6.23. The van der Waals surface area contributed by atoms with Crippen LogP contribution in [0.25, 0.3) is 0 Å². The first kappa shape index (κ1) is 44.0. The lowest BCUT2D eigenvalue weighted by atomic mass is 10.0. The fraction of sp³-hybridized carbons (Fsp3) is 0.923. The monoisotopic (exact) mass is 670 g/mol. The minimum Gasteiger partial charge on any atom is -0.388 e. The molecule has 8 nitrogen and oxygen atoms in total. The Morgan fingerprint density at radius 2 is 1.15 bits per heavy atom. The number of aliphatic hydroxyl groups is 4. The second-order valence-corrected chi connectivity index (χ2v) is 14.0. The van der Waals surface area contributed by atoms with Crippen molar-refractivity contribution in [2.75, 3.05) is 13.2 Å². The van der Waals surface area contributed by atoms with Crippen LogP contribution in [-0.2, 0) is 14.3 Å². The van der Waals surface area contributed by atoms with Crippen molar-refractivity contribution in [2.24, 2.45) is 0 Å². The van der Waals surface area contributed by atoms with Gasteiger partial charge in [-0.15, -0.1) is 0 Å². The molecule has 5 N–H and O–H groups in total. The van der Waals surface area contributed by atoms with Crippen LogP contribution in [0.4, 0.5) is 0 Å². The normalized spacial score (nSPS) is 21.3. The molecule has 278 valence electrons. The number of hydrogen-bond donors (Lipinski definition) is 5. The first-order valence-corrected chi connectivity index (χ1v) is 19.8. The van der Waals surface area contributed by atoms with Crippen molar-refractivity contribution in [3.63, 3.8) is 0 Å². The van der Waals surface area contributed by atoms with Crippen molar-refractivity contribution in [1.82, 2.24) is 5.32 Å². The largest absolute Gasteiger partial charge is 0.388 e. The molecular weight excluding hydrogens is 594 g/mol. The van der Waals surface area contributed by atoms with Gasteiger partial charge >= 0.3 is 0 Å². The second-order valence-electron chi connectivity index (χ2n) is 14.0. The van der Waals surface area contributed by atoms with E-state index in [0.29, 0.717) is 6.42 Å². The van der Waals surface area contributed by atoms with Gasteiger partial charge in [-0.2, -0.15) is 0 Å². The van der Waals surface area contributed by atoms with Crippen molar-refractivity contribution < 1.29 is 34.7 Å². The molecule has 1 saturated heterocycles. The molecule has 0 aromatic rings. The van der Waals surface area contributed by atoms with E-state index in [0.717, 1.165) is 32.1 Å². The molecule has 1 amide bonds. The summed E-state index contributed by atoms with van der Waals surface area (Å²) in [4.78, 5) is 12.8. The van der Waals surface area contributed by atoms with Gasteiger partial charge in [0, 0.05) is 6.42 Å². The topological polar surface area (TPSA) is 128 Å². The Labute approximate surface area is 288 Å². The average Bonchev–Trinajstić information content (AvgIpc) is 3.06. The van der Waals surface area contributed by atoms with E-state index in [-0.39, 0.29) is 19.1 Å². The van der Waals surface area contributed by atoms with E-state index in [1.54, 1.807) is 6.08 Å². The maximum atomic E-state index is 12.8. The maximum absolute atomic E-state index is 12.8. The molecule has 0 spiro atoms. The first-order valence-electron chi connectivity index (χ1n) is 19.8. The molecule has 0 saturated carbocycles. The molecule has 0 bridgehead atoms. The smallest absolute Gasteiger partial charge is 0.220 e. The van der Waals surface area contributed by atoms with Crippen LogP contribution in [0.1, 0.15) is 181 Å². The predicted molar refractivity (Wildman–Crippen MR) is 192 cm³/mol. The van der Waals surface area contributed by atoms with Gasteiger partial charge in [0.05, 0.1) is 25.4 Å². The van der Waals surface area contributed by atoms with Crippen molar-refractivity contribution in [2.45, 2.75) is 218 Å². The van der Waals surface area contributed by atoms with Crippen LogP contribution in [0.3, 0.4) is 0 Å². The maximum Gasteiger partial charge on any atom is 0.220 e. The summed E-state index contributed by atoms with van der Waals surface area (Å²) in [6.45, 7) is 4.24. The van der Waals surface area contributed by atoms with Crippen LogP contribution in [-0.4, -0.2) is 76.3 Å². The van der Waals surface area contributed by atoms with E-state index >= 15 is 0 Å². The molecular formula is C39H75NO7. The van der Waals surface area contributed by atoms with Crippen LogP contribution in [0, 0.1) is 0 Å². The number of amides is 1. The van der Waals surface area contributed by atoms with E-state index in [1.165, 1.54) is 128 Å². The van der Waals surface area contributed by atoms with Gasteiger partial charge in [-0.3, -0.25) is 4.79 Å². The summed E-state index contributed by atoms with van der Waals surface area (Å²) in [7, 11) is 0. The Morgan fingerprint density at radius 3 is 1.64 bits per heavy atom. The zero-order valence-electron chi connectivity index (χ0n) is 30.4. The molecule has 1 fully saturated rings. The number of carbonyl (C=O) groups is 1. The molecule has 1 heterocycles. The zero-order valence-corrected chi connectivity index (χ0v) is 30.4. The van der Waals surface area contributed by atoms with E-state index in [1.807, 2.05) is 6.08 Å². The summed E-state index contributed by atoms with van der Waals surface area (Å²) < 4.78 is 11.0. The van der Waals surface area contributed by atoms with Crippen LogP contribution in [0.2, 0.25) is 0 Å². The number of unbranched alkanes of at least 4 members (excludes halogenated alkanes) is 23. The summed E-state index contributed by atoms with van der Waals surface area (Å²) >= 11 is 0. The predicted octanol–water partition coefficient (Wildman–Crippen LogP) is 8.03. The molecule has 1 rings (SSSR count). The molecule has 0 aromatic carbocycles. The SMILES string of the molecule is CCCCCCCCCCCCC/C=C/[C@@H](O)[C@H](CO[C@@H]1OC[C@H](O)[C@H](O)[C@H]1O)NC(=O)CCCCCCCCCCCCCCC. The third-order valence-corrected chi connectivity index (χ3v) is 9.47. The molecule has 0 unspecified atom stereocenters. The summed E-state index contributed by atoms with van der Waals surface area (Å²) in [5, 5.41) is 43.8. The van der Waals surface area contributed by atoms with Crippen LogP contribution < -0.4 is 5.32 Å².